The Balaban J connectivity index is 2.25. The molecule has 0 heterocycles. The zero-order chi connectivity index (χ0) is 12.7. The van der Waals surface area contributed by atoms with E-state index in [1.807, 2.05) is 13.0 Å². The molecule has 0 spiro atoms. The summed E-state index contributed by atoms with van der Waals surface area (Å²) >= 11 is 0. The summed E-state index contributed by atoms with van der Waals surface area (Å²) in [6.45, 7) is 7.82. The van der Waals surface area contributed by atoms with E-state index in [1.54, 1.807) is 0 Å². The normalized spacial score (nSPS) is 12.7. The van der Waals surface area contributed by atoms with Gasteiger partial charge >= 0.3 is 0 Å². The lowest BCUT2D eigenvalue weighted by atomic mass is 10.1. The van der Waals surface area contributed by atoms with Crippen LogP contribution in [0.25, 0.3) is 0 Å². The maximum absolute atomic E-state index is 6.13. The van der Waals surface area contributed by atoms with Gasteiger partial charge in [-0.05, 0) is 32.4 Å². The van der Waals surface area contributed by atoms with Crippen molar-refractivity contribution in [3.8, 4) is 0 Å². The number of nitrogens with two attached hydrogens (primary N) is 1. The van der Waals surface area contributed by atoms with E-state index in [-0.39, 0.29) is 6.04 Å². The largest absolute Gasteiger partial charge is 0.327 e. The lowest BCUT2D eigenvalue weighted by Crippen LogP contribution is -2.36. The van der Waals surface area contributed by atoms with Crippen LogP contribution in [0, 0.1) is 0 Å². The van der Waals surface area contributed by atoms with Crippen LogP contribution in [0.3, 0.4) is 0 Å². The summed E-state index contributed by atoms with van der Waals surface area (Å²) in [5.74, 6) is 0. The van der Waals surface area contributed by atoms with Gasteiger partial charge in [-0.3, -0.25) is 0 Å². The lowest BCUT2D eigenvalue weighted by Gasteiger charge is -2.21. The number of benzene rings is 1. The van der Waals surface area contributed by atoms with Gasteiger partial charge in [-0.25, -0.2) is 0 Å². The van der Waals surface area contributed by atoms with Crippen LogP contribution in [-0.2, 0) is 6.42 Å². The highest BCUT2D eigenvalue weighted by molar-refractivity contribution is 5.14. The van der Waals surface area contributed by atoms with Crippen LogP contribution < -0.4 is 5.73 Å². The Morgan fingerprint density at radius 2 is 2.00 bits per heavy atom. The molecule has 0 fully saturated rings. The first-order valence-corrected chi connectivity index (χ1v) is 6.20. The van der Waals surface area contributed by atoms with E-state index in [0.717, 1.165) is 25.9 Å². The van der Waals surface area contributed by atoms with Crippen molar-refractivity contribution in [2.24, 2.45) is 5.73 Å². The zero-order valence-electron chi connectivity index (χ0n) is 11.0. The average Bonchev–Trinajstić information content (AvgIpc) is 2.26. The molecule has 1 unspecified atom stereocenters. The fraction of sp³-hybridized carbons (Fsp3) is 0.467. The van der Waals surface area contributed by atoms with E-state index in [2.05, 4.69) is 42.8 Å². The number of likely N-dealkylation sites (N-methyl/N-ethyl adjacent to an activating group) is 1. The van der Waals surface area contributed by atoms with Crippen molar-refractivity contribution in [3.05, 3.63) is 48.0 Å². The second kappa shape index (κ2) is 7.25. The molecule has 0 amide bonds. The number of hydrogen-bond donors (Lipinski definition) is 1. The van der Waals surface area contributed by atoms with Gasteiger partial charge in [-0.1, -0.05) is 42.5 Å². The van der Waals surface area contributed by atoms with Crippen molar-refractivity contribution in [1.29, 1.82) is 0 Å². The predicted octanol–water partition coefficient (Wildman–Crippen LogP) is 2.45. The first kappa shape index (κ1) is 13.9. The van der Waals surface area contributed by atoms with Gasteiger partial charge in [-0.15, -0.1) is 0 Å². The highest BCUT2D eigenvalue weighted by Crippen LogP contribution is 2.05. The molecule has 0 aliphatic carbocycles. The Hall–Kier alpha value is -1.12. The molecule has 1 aromatic carbocycles. The van der Waals surface area contributed by atoms with E-state index in [9.17, 15) is 0 Å². The van der Waals surface area contributed by atoms with Crippen molar-refractivity contribution >= 4 is 0 Å². The van der Waals surface area contributed by atoms with Crippen LogP contribution >= 0.6 is 0 Å². The third-order valence-electron chi connectivity index (χ3n) is 2.73. The summed E-state index contributed by atoms with van der Waals surface area (Å²) in [6, 6.07) is 10.8. The fourth-order valence-electron chi connectivity index (χ4n) is 2.01. The smallest absolute Gasteiger partial charge is 0.0185 e. The highest BCUT2D eigenvalue weighted by Gasteiger charge is 2.07. The Kier molecular flexibility index (Phi) is 5.95. The molecule has 1 rings (SSSR count). The third-order valence-corrected chi connectivity index (χ3v) is 2.73. The lowest BCUT2D eigenvalue weighted by molar-refractivity contribution is 0.327. The van der Waals surface area contributed by atoms with Gasteiger partial charge in [0.25, 0.3) is 0 Å². The first-order valence-electron chi connectivity index (χ1n) is 6.20. The van der Waals surface area contributed by atoms with Crippen LogP contribution in [0.1, 0.15) is 18.9 Å². The Bertz CT molecular complexity index is 332. The Morgan fingerprint density at radius 1 is 1.35 bits per heavy atom. The van der Waals surface area contributed by atoms with Crippen LogP contribution in [0.15, 0.2) is 42.5 Å². The molecule has 94 valence electrons. The second-order valence-electron chi connectivity index (χ2n) is 4.94. The van der Waals surface area contributed by atoms with E-state index >= 15 is 0 Å². The van der Waals surface area contributed by atoms with Gasteiger partial charge < -0.3 is 10.6 Å². The van der Waals surface area contributed by atoms with Gasteiger partial charge in [0.1, 0.15) is 0 Å². The minimum absolute atomic E-state index is 0.236. The van der Waals surface area contributed by atoms with E-state index in [1.165, 1.54) is 11.1 Å². The van der Waals surface area contributed by atoms with Crippen LogP contribution in [0.4, 0.5) is 0 Å². The summed E-state index contributed by atoms with van der Waals surface area (Å²) < 4.78 is 0. The molecule has 0 saturated carbocycles. The molecule has 0 bridgehead atoms. The summed E-state index contributed by atoms with van der Waals surface area (Å²) in [5, 5.41) is 0. The molecule has 2 nitrogen and oxygen atoms in total. The van der Waals surface area contributed by atoms with Crippen molar-refractivity contribution in [2.45, 2.75) is 25.8 Å². The first-order chi connectivity index (χ1) is 8.08. The van der Waals surface area contributed by atoms with E-state index in [4.69, 9.17) is 5.73 Å². The molecule has 0 aliphatic rings. The van der Waals surface area contributed by atoms with Gasteiger partial charge in [0.2, 0.25) is 0 Å². The van der Waals surface area contributed by atoms with Crippen LogP contribution in [0.5, 0.6) is 0 Å². The zero-order valence-corrected chi connectivity index (χ0v) is 11.0. The summed E-state index contributed by atoms with van der Waals surface area (Å²) in [6.07, 6.45) is 2.09. The predicted molar refractivity (Wildman–Crippen MR) is 75.0 cm³/mol. The topological polar surface area (TPSA) is 29.3 Å². The maximum Gasteiger partial charge on any atom is 0.0185 e. The third kappa shape index (κ3) is 6.25. The summed E-state index contributed by atoms with van der Waals surface area (Å²) in [5.41, 5.74) is 8.68. The number of aryl methyl sites for hydroxylation is 1. The quantitative estimate of drug-likeness (QED) is 0.732. The van der Waals surface area contributed by atoms with Crippen molar-refractivity contribution in [2.75, 3.05) is 20.1 Å². The van der Waals surface area contributed by atoms with Crippen LogP contribution in [0.2, 0.25) is 0 Å². The molecule has 2 N–H and O–H groups in total. The van der Waals surface area contributed by atoms with Crippen molar-refractivity contribution in [1.82, 2.24) is 4.90 Å². The minimum Gasteiger partial charge on any atom is -0.327 e. The van der Waals surface area contributed by atoms with Crippen molar-refractivity contribution in [3.63, 3.8) is 0 Å². The van der Waals surface area contributed by atoms with E-state index < -0.39 is 0 Å². The summed E-state index contributed by atoms with van der Waals surface area (Å²) in [7, 11) is 2.09. The molecule has 1 aromatic rings. The minimum atomic E-state index is 0.236. The number of rotatable bonds is 7. The SMILES string of the molecule is C=C(C)CN(C)CC(N)CCc1ccccc1. The Labute approximate surface area is 105 Å². The molecule has 0 aliphatic heterocycles. The molecular formula is C15H24N2. The molecule has 2 heteroatoms. The van der Waals surface area contributed by atoms with E-state index in [0.29, 0.717) is 0 Å². The maximum atomic E-state index is 6.13. The van der Waals surface area contributed by atoms with Gasteiger partial charge in [0.05, 0.1) is 0 Å². The second-order valence-corrected chi connectivity index (χ2v) is 4.94. The van der Waals surface area contributed by atoms with Gasteiger partial charge in [-0.2, -0.15) is 0 Å². The molecule has 1 atom stereocenters. The standard InChI is InChI=1S/C15H24N2/c1-13(2)11-17(3)12-15(16)10-9-14-7-5-4-6-8-14/h4-8,15H,1,9-12,16H2,2-3H3. The average molecular weight is 232 g/mol. The highest BCUT2D eigenvalue weighted by atomic mass is 15.1. The van der Waals surface area contributed by atoms with Gasteiger partial charge in [0.15, 0.2) is 0 Å². The number of nitrogens with zero attached hydrogens (tertiary/aromatic N) is 1. The van der Waals surface area contributed by atoms with Crippen LogP contribution in [-0.4, -0.2) is 31.1 Å². The molecule has 0 saturated heterocycles. The molecular weight excluding hydrogens is 208 g/mol. The summed E-state index contributed by atoms with van der Waals surface area (Å²) in [4.78, 5) is 2.23. The van der Waals surface area contributed by atoms with Gasteiger partial charge in [0, 0.05) is 19.1 Å². The monoisotopic (exact) mass is 232 g/mol. The van der Waals surface area contributed by atoms with Crippen molar-refractivity contribution < 1.29 is 0 Å². The molecule has 0 aromatic heterocycles. The molecule has 17 heavy (non-hydrogen) atoms. The molecule has 0 radical (unpaired) electrons. The fourth-order valence-corrected chi connectivity index (χ4v) is 2.01. The Morgan fingerprint density at radius 3 is 2.59 bits per heavy atom. The number of hydrogen-bond acceptors (Lipinski definition) is 2.